The summed E-state index contributed by atoms with van der Waals surface area (Å²) in [5.74, 6) is -0.150. The van der Waals surface area contributed by atoms with Crippen molar-refractivity contribution in [3.63, 3.8) is 0 Å². The summed E-state index contributed by atoms with van der Waals surface area (Å²) in [7, 11) is 0. The van der Waals surface area contributed by atoms with Gasteiger partial charge in [0.15, 0.2) is 0 Å². The Balaban J connectivity index is 2.00. The molecule has 1 aliphatic carbocycles. The first kappa shape index (κ1) is 14.6. The Morgan fingerprint density at radius 1 is 1.18 bits per heavy atom. The van der Waals surface area contributed by atoms with Gasteiger partial charge in [0, 0.05) is 16.8 Å². The maximum absolute atomic E-state index is 12.5. The third-order valence-corrected chi connectivity index (χ3v) is 3.49. The van der Waals surface area contributed by atoms with Crippen molar-refractivity contribution in [2.24, 2.45) is 5.92 Å². The van der Waals surface area contributed by atoms with Gasteiger partial charge in [-0.15, -0.1) is 0 Å². The molecule has 0 unspecified atom stereocenters. The number of para-hydroxylation sites is 1. The van der Waals surface area contributed by atoms with E-state index >= 15 is 0 Å². The molecule has 1 fully saturated rings. The molecule has 1 heterocycles. The number of anilines is 1. The Morgan fingerprint density at radius 2 is 1.86 bits per heavy atom. The molecule has 1 aromatic heterocycles. The SMILES string of the molecule is CC(C)(C)NC(=O)c1oc2ccccc2c1NC(=O)C1CC1. The second-order valence-electron chi connectivity index (χ2n) is 6.77. The lowest BCUT2D eigenvalue weighted by atomic mass is 10.1. The zero-order valence-corrected chi connectivity index (χ0v) is 13.0. The lowest BCUT2D eigenvalue weighted by Crippen LogP contribution is -2.40. The lowest BCUT2D eigenvalue weighted by Gasteiger charge is -2.19. The molecule has 116 valence electrons. The quantitative estimate of drug-likeness (QED) is 0.913. The number of hydrogen-bond donors (Lipinski definition) is 2. The first-order chi connectivity index (χ1) is 10.3. The van der Waals surface area contributed by atoms with Crippen molar-refractivity contribution in [2.45, 2.75) is 39.2 Å². The van der Waals surface area contributed by atoms with Gasteiger partial charge in [-0.1, -0.05) is 12.1 Å². The van der Waals surface area contributed by atoms with Gasteiger partial charge in [-0.2, -0.15) is 0 Å². The van der Waals surface area contributed by atoms with E-state index in [0.29, 0.717) is 11.3 Å². The van der Waals surface area contributed by atoms with Crippen molar-refractivity contribution in [3.05, 3.63) is 30.0 Å². The van der Waals surface area contributed by atoms with E-state index in [9.17, 15) is 9.59 Å². The van der Waals surface area contributed by atoms with E-state index < -0.39 is 0 Å². The van der Waals surface area contributed by atoms with E-state index in [2.05, 4.69) is 10.6 Å². The van der Waals surface area contributed by atoms with Gasteiger partial charge in [0.1, 0.15) is 11.3 Å². The molecule has 3 rings (SSSR count). The smallest absolute Gasteiger partial charge is 0.289 e. The average Bonchev–Trinajstić information content (AvgIpc) is 3.21. The lowest BCUT2D eigenvalue weighted by molar-refractivity contribution is -0.117. The molecule has 22 heavy (non-hydrogen) atoms. The first-order valence-corrected chi connectivity index (χ1v) is 7.50. The third-order valence-electron chi connectivity index (χ3n) is 3.49. The molecule has 0 bridgehead atoms. The average molecular weight is 300 g/mol. The number of carbonyl (C=O) groups excluding carboxylic acids is 2. The van der Waals surface area contributed by atoms with Crippen LogP contribution in [0.25, 0.3) is 11.0 Å². The van der Waals surface area contributed by atoms with Gasteiger partial charge in [-0.05, 0) is 45.7 Å². The van der Waals surface area contributed by atoms with Crippen LogP contribution in [-0.4, -0.2) is 17.4 Å². The Morgan fingerprint density at radius 3 is 2.50 bits per heavy atom. The number of carbonyl (C=O) groups is 2. The van der Waals surface area contributed by atoms with Crippen molar-refractivity contribution < 1.29 is 14.0 Å². The number of hydrogen-bond acceptors (Lipinski definition) is 3. The Kier molecular flexibility index (Phi) is 3.43. The topological polar surface area (TPSA) is 71.3 Å². The minimum atomic E-state index is -0.381. The summed E-state index contributed by atoms with van der Waals surface area (Å²) in [6.45, 7) is 5.70. The van der Waals surface area contributed by atoms with Gasteiger partial charge in [-0.3, -0.25) is 9.59 Å². The fourth-order valence-corrected chi connectivity index (χ4v) is 2.30. The van der Waals surface area contributed by atoms with E-state index in [-0.39, 0.29) is 29.0 Å². The molecule has 0 saturated heterocycles. The Bertz CT molecular complexity index is 736. The highest BCUT2D eigenvalue weighted by Crippen LogP contribution is 2.35. The molecule has 1 saturated carbocycles. The summed E-state index contributed by atoms with van der Waals surface area (Å²) >= 11 is 0. The molecule has 2 N–H and O–H groups in total. The predicted molar refractivity (Wildman–Crippen MR) is 84.8 cm³/mol. The molecule has 5 nitrogen and oxygen atoms in total. The largest absolute Gasteiger partial charge is 0.449 e. The summed E-state index contributed by atoms with van der Waals surface area (Å²) in [4.78, 5) is 24.6. The van der Waals surface area contributed by atoms with Crippen LogP contribution in [0.3, 0.4) is 0 Å². The summed E-state index contributed by atoms with van der Waals surface area (Å²) in [6.07, 6.45) is 1.82. The van der Waals surface area contributed by atoms with Crippen molar-refractivity contribution in [3.8, 4) is 0 Å². The molecular formula is C17H20N2O3. The van der Waals surface area contributed by atoms with Crippen LogP contribution in [0.2, 0.25) is 0 Å². The molecular weight excluding hydrogens is 280 g/mol. The molecule has 2 aromatic rings. The van der Waals surface area contributed by atoms with Crippen LogP contribution in [0.1, 0.15) is 44.2 Å². The minimum absolute atomic E-state index is 0.0450. The zero-order chi connectivity index (χ0) is 15.9. The van der Waals surface area contributed by atoms with Crippen LogP contribution in [0, 0.1) is 5.92 Å². The molecule has 1 aliphatic rings. The van der Waals surface area contributed by atoms with Gasteiger partial charge < -0.3 is 15.1 Å². The molecule has 5 heteroatoms. The van der Waals surface area contributed by atoms with E-state index in [1.54, 1.807) is 6.07 Å². The van der Waals surface area contributed by atoms with Crippen molar-refractivity contribution >= 4 is 28.5 Å². The minimum Gasteiger partial charge on any atom is -0.449 e. The monoisotopic (exact) mass is 300 g/mol. The highest BCUT2D eigenvalue weighted by molar-refractivity contribution is 6.11. The van der Waals surface area contributed by atoms with Gasteiger partial charge in [0.2, 0.25) is 11.7 Å². The maximum Gasteiger partial charge on any atom is 0.289 e. The number of nitrogens with one attached hydrogen (secondary N) is 2. The van der Waals surface area contributed by atoms with Crippen LogP contribution >= 0.6 is 0 Å². The summed E-state index contributed by atoms with van der Waals surface area (Å²) in [5, 5.41) is 6.49. The number of furan rings is 1. The molecule has 0 aliphatic heterocycles. The number of fused-ring (bicyclic) bond motifs is 1. The number of benzene rings is 1. The molecule has 0 atom stereocenters. The predicted octanol–water partition coefficient (Wildman–Crippen LogP) is 3.31. The third kappa shape index (κ3) is 2.98. The van der Waals surface area contributed by atoms with E-state index in [1.807, 2.05) is 39.0 Å². The van der Waals surface area contributed by atoms with Gasteiger partial charge in [0.05, 0.1) is 0 Å². The van der Waals surface area contributed by atoms with Crippen LogP contribution in [0.5, 0.6) is 0 Å². The maximum atomic E-state index is 12.5. The zero-order valence-electron chi connectivity index (χ0n) is 13.0. The standard InChI is InChI=1S/C17H20N2O3/c1-17(2,3)19-16(21)14-13(18-15(20)10-8-9-10)11-6-4-5-7-12(11)22-14/h4-7,10H,8-9H2,1-3H3,(H,18,20)(H,19,21). The molecule has 0 radical (unpaired) electrons. The van der Waals surface area contributed by atoms with E-state index in [1.165, 1.54) is 0 Å². The van der Waals surface area contributed by atoms with Crippen molar-refractivity contribution in [1.82, 2.24) is 5.32 Å². The fourth-order valence-electron chi connectivity index (χ4n) is 2.30. The first-order valence-electron chi connectivity index (χ1n) is 7.50. The van der Waals surface area contributed by atoms with Gasteiger partial charge in [0.25, 0.3) is 5.91 Å². The van der Waals surface area contributed by atoms with E-state index in [4.69, 9.17) is 4.42 Å². The molecule has 0 spiro atoms. The van der Waals surface area contributed by atoms with Crippen LogP contribution in [0.15, 0.2) is 28.7 Å². The summed E-state index contributed by atoms with van der Waals surface area (Å²) < 4.78 is 5.68. The molecule has 1 aromatic carbocycles. The number of rotatable bonds is 3. The Hall–Kier alpha value is -2.30. The van der Waals surface area contributed by atoms with Gasteiger partial charge in [-0.25, -0.2) is 0 Å². The van der Waals surface area contributed by atoms with Crippen LogP contribution in [0.4, 0.5) is 5.69 Å². The van der Waals surface area contributed by atoms with Crippen molar-refractivity contribution in [1.29, 1.82) is 0 Å². The fraction of sp³-hybridized carbons (Fsp3) is 0.412. The second-order valence-corrected chi connectivity index (χ2v) is 6.77. The van der Waals surface area contributed by atoms with Crippen LogP contribution < -0.4 is 10.6 Å². The summed E-state index contributed by atoms with van der Waals surface area (Å²) in [6, 6.07) is 7.32. The number of amides is 2. The normalized spacial score (nSPS) is 14.9. The molecule has 2 amide bonds. The van der Waals surface area contributed by atoms with Crippen LogP contribution in [-0.2, 0) is 4.79 Å². The second kappa shape index (κ2) is 5.16. The Labute approximate surface area is 129 Å². The summed E-state index contributed by atoms with van der Waals surface area (Å²) in [5.41, 5.74) is 0.676. The highest BCUT2D eigenvalue weighted by atomic mass is 16.3. The van der Waals surface area contributed by atoms with Crippen molar-refractivity contribution in [2.75, 3.05) is 5.32 Å². The van der Waals surface area contributed by atoms with Gasteiger partial charge >= 0.3 is 0 Å². The van der Waals surface area contributed by atoms with E-state index in [0.717, 1.165) is 18.2 Å². The highest BCUT2D eigenvalue weighted by Gasteiger charge is 2.32.